The average molecular weight is 201 g/mol. The van der Waals surface area contributed by atoms with Crippen LogP contribution in [0.25, 0.3) is 0 Å². The first-order chi connectivity index (χ1) is 6.59. The molecule has 78 valence electrons. The van der Waals surface area contributed by atoms with Crippen LogP contribution in [-0.2, 0) is 0 Å². The van der Waals surface area contributed by atoms with Gasteiger partial charge in [0.15, 0.2) is 11.6 Å². The zero-order valence-corrected chi connectivity index (χ0v) is 8.26. The van der Waals surface area contributed by atoms with Gasteiger partial charge in [-0.3, -0.25) is 0 Å². The number of ether oxygens (including phenoxy) is 1. The molecule has 0 radical (unpaired) electrons. The van der Waals surface area contributed by atoms with Crippen molar-refractivity contribution in [3.8, 4) is 5.75 Å². The van der Waals surface area contributed by atoms with Crippen molar-refractivity contribution in [2.45, 2.75) is 0 Å². The summed E-state index contributed by atoms with van der Waals surface area (Å²) in [6.07, 6.45) is 0. The Labute approximate surface area is 82.1 Å². The lowest BCUT2D eigenvalue weighted by molar-refractivity contribution is 0.251. The van der Waals surface area contributed by atoms with Crippen molar-refractivity contribution < 1.29 is 13.5 Å². The smallest absolute Gasteiger partial charge is 0.165 e. The van der Waals surface area contributed by atoms with Gasteiger partial charge in [-0.25, -0.2) is 8.78 Å². The highest BCUT2D eigenvalue weighted by Gasteiger charge is 2.04. The third-order valence-electron chi connectivity index (χ3n) is 1.69. The molecule has 0 atom stereocenters. The zero-order chi connectivity index (χ0) is 10.6. The third kappa shape index (κ3) is 3.30. The number of likely N-dealkylation sites (N-methyl/N-ethyl adjacent to an activating group) is 1. The summed E-state index contributed by atoms with van der Waals surface area (Å²) in [5.41, 5.74) is 0. The van der Waals surface area contributed by atoms with E-state index in [9.17, 15) is 8.78 Å². The second-order valence-corrected chi connectivity index (χ2v) is 3.23. The molecule has 2 nitrogen and oxygen atoms in total. The van der Waals surface area contributed by atoms with Crippen LogP contribution in [0, 0.1) is 11.6 Å². The van der Waals surface area contributed by atoms with Crippen molar-refractivity contribution in [1.82, 2.24) is 4.90 Å². The van der Waals surface area contributed by atoms with Gasteiger partial charge < -0.3 is 9.64 Å². The molecule has 0 saturated carbocycles. The molecule has 14 heavy (non-hydrogen) atoms. The summed E-state index contributed by atoms with van der Waals surface area (Å²) < 4.78 is 30.7. The van der Waals surface area contributed by atoms with E-state index in [2.05, 4.69) is 0 Å². The summed E-state index contributed by atoms with van der Waals surface area (Å²) in [5.74, 6) is -1.07. The lowest BCUT2D eigenvalue weighted by Crippen LogP contribution is -2.19. The maximum Gasteiger partial charge on any atom is 0.165 e. The maximum absolute atomic E-state index is 13.0. The third-order valence-corrected chi connectivity index (χ3v) is 1.69. The second-order valence-electron chi connectivity index (χ2n) is 3.23. The first-order valence-electron chi connectivity index (χ1n) is 4.32. The molecule has 0 aliphatic heterocycles. The highest BCUT2D eigenvalue weighted by Crippen LogP contribution is 2.17. The molecule has 0 aromatic heterocycles. The molecule has 0 amide bonds. The Hall–Kier alpha value is -1.16. The SMILES string of the molecule is CN(C)CCOc1cc(F)ccc1F. The van der Waals surface area contributed by atoms with Gasteiger partial charge in [0.05, 0.1) is 0 Å². The lowest BCUT2D eigenvalue weighted by atomic mass is 10.3. The summed E-state index contributed by atoms with van der Waals surface area (Å²) in [5, 5.41) is 0. The molecule has 4 heteroatoms. The minimum atomic E-state index is -0.537. The van der Waals surface area contributed by atoms with E-state index in [1.54, 1.807) is 0 Å². The standard InChI is InChI=1S/C10H13F2NO/c1-13(2)5-6-14-10-7-8(11)3-4-9(10)12/h3-4,7H,5-6H2,1-2H3. The van der Waals surface area contributed by atoms with Crippen LogP contribution in [0.2, 0.25) is 0 Å². The van der Waals surface area contributed by atoms with E-state index >= 15 is 0 Å². The van der Waals surface area contributed by atoms with E-state index in [-0.39, 0.29) is 5.75 Å². The Morgan fingerprint density at radius 1 is 1.29 bits per heavy atom. The summed E-state index contributed by atoms with van der Waals surface area (Å²) >= 11 is 0. The molecule has 0 aliphatic carbocycles. The van der Waals surface area contributed by atoms with Gasteiger partial charge in [-0.1, -0.05) is 0 Å². The maximum atomic E-state index is 13.0. The van der Waals surface area contributed by atoms with Crippen LogP contribution < -0.4 is 4.74 Å². The van der Waals surface area contributed by atoms with Crippen LogP contribution in [0.3, 0.4) is 0 Å². The Morgan fingerprint density at radius 2 is 2.00 bits per heavy atom. The van der Waals surface area contributed by atoms with Gasteiger partial charge in [0.25, 0.3) is 0 Å². The topological polar surface area (TPSA) is 12.5 Å². The summed E-state index contributed by atoms with van der Waals surface area (Å²) in [6.45, 7) is 1.00. The van der Waals surface area contributed by atoms with E-state index in [0.717, 1.165) is 18.2 Å². The highest BCUT2D eigenvalue weighted by molar-refractivity contribution is 5.24. The molecule has 0 N–H and O–H groups in total. The molecule has 0 saturated heterocycles. The molecule has 0 fully saturated rings. The number of nitrogens with zero attached hydrogens (tertiary/aromatic N) is 1. The molecule has 0 bridgehead atoms. The van der Waals surface area contributed by atoms with Crippen molar-refractivity contribution in [2.24, 2.45) is 0 Å². The van der Waals surface area contributed by atoms with Crippen LogP contribution in [-0.4, -0.2) is 32.1 Å². The molecule has 0 unspecified atom stereocenters. The minimum Gasteiger partial charge on any atom is -0.489 e. The zero-order valence-electron chi connectivity index (χ0n) is 8.26. The van der Waals surface area contributed by atoms with E-state index in [1.165, 1.54) is 0 Å². The van der Waals surface area contributed by atoms with Crippen LogP contribution >= 0.6 is 0 Å². The molecular weight excluding hydrogens is 188 g/mol. The summed E-state index contributed by atoms with van der Waals surface area (Å²) in [4.78, 5) is 1.90. The van der Waals surface area contributed by atoms with Crippen molar-refractivity contribution in [1.29, 1.82) is 0 Å². The van der Waals surface area contributed by atoms with Crippen LogP contribution in [0.5, 0.6) is 5.75 Å². The van der Waals surface area contributed by atoms with E-state index in [1.807, 2.05) is 19.0 Å². The van der Waals surface area contributed by atoms with Crippen LogP contribution in [0.4, 0.5) is 8.78 Å². The fourth-order valence-corrected chi connectivity index (χ4v) is 0.926. The Morgan fingerprint density at radius 3 is 2.64 bits per heavy atom. The van der Waals surface area contributed by atoms with Gasteiger partial charge in [-0.2, -0.15) is 0 Å². The predicted molar refractivity (Wildman–Crippen MR) is 50.4 cm³/mol. The predicted octanol–water partition coefficient (Wildman–Crippen LogP) is 1.91. The number of hydrogen-bond acceptors (Lipinski definition) is 2. The molecular formula is C10H13F2NO. The van der Waals surface area contributed by atoms with Crippen molar-refractivity contribution in [3.63, 3.8) is 0 Å². The lowest BCUT2D eigenvalue weighted by Gasteiger charge is -2.11. The van der Waals surface area contributed by atoms with Crippen molar-refractivity contribution >= 4 is 0 Å². The van der Waals surface area contributed by atoms with Crippen molar-refractivity contribution in [2.75, 3.05) is 27.2 Å². The number of hydrogen-bond donors (Lipinski definition) is 0. The highest BCUT2D eigenvalue weighted by atomic mass is 19.1. The van der Waals surface area contributed by atoms with E-state index in [4.69, 9.17) is 4.74 Å². The van der Waals surface area contributed by atoms with Gasteiger partial charge >= 0.3 is 0 Å². The molecule has 1 aromatic carbocycles. The monoisotopic (exact) mass is 201 g/mol. The van der Waals surface area contributed by atoms with Crippen LogP contribution in [0.1, 0.15) is 0 Å². The molecule has 0 heterocycles. The van der Waals surface area contributed by atoms with E-state index in [0.29, 0.717) is 13.2 Å². The van der Waals surface area contributed by atoms with Crippen LogP contribution in [0.15, 0.2) is 18.2 Å². The molecule has 1 rings (SSSR count). The van der Waals surface area contributed by atoms with Crippen molar-refractivity contribution in [3.05, 3.63) is 29.8 Å². The average Bonchev–Trinajstić information content (AvgIpc) is 2.10. The first-order valence-corrected chi connectivity index (χ1v) is 4.32. The Kier molecular flexibility index (Phi) is 3.83. The molecule has 0 spiro atoms. The van der Waals surface area contributed by atoms with Gasteiger partial charge in [-0.15, -0.1) is 0 Å². The number of rotatable bonds is 4. The van der Waals surface area contributed by atoms with Gasteiger partial charge in [0, 0.05) is 12.6 Å². The normalized spacial score (nSPS) is 10.6. The Balaban J connectivity index is 2.53. The van der Waals surface area contributed by atoms with Gasteiger partial charge in [-0.05, 0) is 26.2 Å². The first kappa shape index (κ1) is 10.9. The molecule has 1 aromatic rings. The largest absolute Gasteiger partial charge is 0.489 e. The number of halogens is 2. The number of benzene rings is 1. The Bertz CT molecular complexity index is 302. The summed E-state index contributed by atoms with van der Waals surface area (Å²) in [6, 6.07) is 3.17. The second kappa shape index (κ2) is 4.91. The quantitative estimate of drug-likeness (QED) is 0.737. The fourth-order valence-electron chi connectivity index (χ4n) is 0.926. The minimum absolute atomic E-state index is 0.0353. The molecule has 0 aliphatic rings. The van der Waals surface area contributed by atoms with Gasteiger partial charge in [0.2, 0.25) is 0 Å². The summed E-state index contributed by atoms with van der Waals surface area (Å²) in [7, 11) is 3.76. The van der Waals surface area contributed by atoms with Gasteiger partial charge in [0.1, 0.15) is 12.4 Å². The fraction of sp³-hybridized carbons (Fsp3) is 0.400. The van der Waals surface area contributed by atoms with E-state index < -0.39 is 11.6 Å².